The van der Waals surface area contributed by atoms with Gasteiger partial charge >= 0.3 is 0 Å². The van der Waals surface area contributed by atoms with Crippen LogP contribution >= 0.6 is 23.1 Å². The van der Waals surface area contributed by atoms with Gasteiger partial charge in [-0.1, -0.05) is 109 Å². The normalized spacial score (nSPS) is 11.9. The fraction of sp³-hybridized carbons (Fsp3) is 0.0769. The highest BCUT2D eigenvalue weighted by atomic mass is 32.2. The van der Waals surface area contributed by atoms with E-state index in [-0.39, 0.29) is 16.9 Å². The van der Waals surface area contributed by atoms with Gasteiger partial charge in [-0.15, -0.1) is 11.8 Å². The zero-order chi connectivity index (χ0) is 33.3. The van der Waals surface area contributed by atoms with E-state index in [4.69, 9.17) is 0 Å². The molecule has 3 N–H and O–H groups in total. The van der Waals surface area contributed by atoms with Crippen LogP contribution in [0.3, 0.4) is 0 Å². The van der Waals surface area contributed by atoms with Crippen molar-refractivity contribution in [2.75, 3.05) is 10.6 Å². The molecule has 3 amide bonds. The molecule has 7 nitrogen and oxygen atoms in total. The quantitative estimate of drug-likeness (QED) is 0.0946. The number of carbonyl (C=O) groups is 3. The number of anilines is 2. The third-order valence-corrected chi connectivity index (χ3v) is 9.72. The average molecular weight is 669 g/mol. The molecule has 6 aromatic rings. The van der Waals surface area contributed by atoms with Crippen molar-refractivity contribution >= 4 is 67.9 Å². The molecular weight excluding hydrogens is 637 g/mol. The van der Waals surface area contributed by atoms with Gasteiger partial charge in [0.25, 0.3) is 11.8 Å². The molecular formula is C39H32N4O3S2. The summed E-state index contributed by atoms with van der Waals surface area (Å²) in [6.45, 7) is 1.96. The summed E-state index contributed by atoms with van der Waals surface area (Å²) in [5.74, 6) is -1.01. The SMILES string of the molecule is CCC(Sc1cccc(NC(=O)/C(=C\c2ccc(-c3ccccc3)cc2)NC(=O)c2ccccc2)c1)C(=O)Nc1nc2ccccc2s1. The standard InChI is InChI=1S/C39H32N4O3S2/c1-2-34(38(46)43-39-42-32-18-9-10-19-35(32)48-39)47-31-17-11-16-30(25-31)40-37(45)33(41-36(44)29-14-7-4-8-15-29)24-26-20-22-28(23-21-26)27-12-5-3-6-13-27/h3-25,34H,2H2,1H3,(H,40,45)(H,41,44)(H,42,43,46)/b33-24+. The lowest BCUT2D eigenvalue weighted by molar-refractivity contribution is -0.116. The fourth-order valence-corrected chi connectivity index (χ4v) is 6.84. The molecule has 1 aromatic heterocycles. The van der Waals surface area contributed by atoms with Crippen LogP contribution in [0.25, 0.3) is 27.4 Å². The highest BCUT2D eigenvalue weighted by Gasteiger charge is 2.20. The van der Waals surface area contributed by atoms with Gasteiger partial charge < -0.3 is 16.0 Å². The van der Waals surface area contributed by atoms with Gasteiger partial charge in [0, 0.05) is 16.1 Å². The third kappa shape index (κ3) is 8.25. The first-order valence-electron chi connectivity index (χ1n) is 15.4. The number of para-hydroxylation sites is 1. The molecule has 1 atom stereocenters. The number of carbonyl (C=O) groups excluding carboxylic acids is 3. The summed E-state index contributed by atoms with van der Waals surface area (Å²) < 4.78 is 1.01. The van der Waals surface area contributed by atoms with Crippen LogP contribution < -0.4 is 16.0 Å². The summed E-state index contributed by atoms with van der Waals surface area (Å²) in [4.78, 5) is 45.3. The van der Waals surface area contributed by atoms with Crippen molar-refractivity contribution in [3.8, 4) is 11.1 Å². The number of aromatic nitrogens is 1. The van der Waals surface area contributed by atoms with E-state index in [1.807, 2.05) is 110 Å². The van der Waals surface area contributed by atoms with Gasteiger partial charge in [-0.3, -0.25) is 14.4 Å². The smallest absolute Gasteiger partial charge is 0.272 e. The summed E-state index contributed by atoms with van der Waals surface area (Å²) in [6, 6.07) is 41.6. The molecule has 0 saturated heterocycles. The molecule has 0 bridgehead atoms. The van der Waals surface area contributed by atoms with Crippen LogP contribution in [0.15, 0.2) is 144 Å². The summed E-state index contributed by atoms with van der Waals surface area (Å²) in [7, 11) is 0. The van der Waals surface area contributed by atoms with Gasteiger partial charge in [0.05, 0.1) is 15.5 Å². The zero-order valence-corrected chi connectivity index (χ0v) is 27.7. The Morgan fingerprint density at radius 3 is 2.19 bits per heavy atom. The van der Waals surface area contributed by atoms with Crippen LogP contribution in [-0.2, 0) is 9.59 Å². The minimum atomic E-state index is -0.478. The number of nitrogens with one attached hydrogen (secondary N) is 3. The van der Waals surface area contributed by atoms with Gasteiger partial charge in [0.2, 0.25) is 5.91 Å². The van der Waals surface area contributed by atoms with Gasteiger partial charge in [0.1, 0.15) is 5.70 Å². The molecule has 238 valence electrons. The van der Waals surface area contributed by atoms with Gasteiger partial charge in [-0.05, 0) is 71.7 Å². The minimum Gasteiger partial charge on any atom is -0.321 e. The van der Waals surface area contributed by atoms with E-state index >= 15 is 0 Å². The minimum absolute atomic E-state index is 0.0935. The Bertz CT molecular complexity index is 2040. The van der Waals surface area contributed by atoms with Crippen molar-refractivity contribution < 1.29 is 14.4 Å². The molecule has 9 heteroatoms. The second-order valence-electron chi connectivity index (χ2n) is 10.8. The van der Waals surface area contributed by atoms with Crippen LogP contribution in [0.2, 0.25) is 0 Å². The van der Waals surface area contributed by atoms with E-state index in [1.54, 1.807) is 36.4 Å². The summed E-state index contributed by atoms with van der Waals surface area (Å²) >= 11 is 2.85. The average Bonchev–Trinajstić information content (AvgIpc) is 3.54. The number of benzene rings is 5. The molecule has 0 fully saturated rings. The van der Waals surface area contributed by atoms with E-state index in [9.17, 15) is 14.4 Å². The number of thioether (sulfide) groups is 1. The van der Waals surface area contributed by atoms with Crippen LogP contribution in [0, 0.1) is 0 Å². The van der Waals surface area contributed by atoms with E-state index in [2.05, 4.69) is 20.9 Å². The number of thiazole rings is 1. The fourth-order valence-electron chi connectivity index (χ4n) is 4.96. The largest absolute Gasteiger partial charge is 0.321 e. The van der Waals surface area contributed by atoms with Crippen molar-refractivity contribution in [3.05, 3.63) is 150 Å². The molecule has 0 radical (unpaired) electrons. The number of hydrogen-bond acceptors (Lipinski definition) is 6. The highest BCUT2D eigenvalue weighted by molar-refractivity contribution is 8.00. The summed E-state index contributed by atoms with van der Waals surface area (Å²) in [6.07, 6.45) is 2.25. The van der Waals surface area contributed by atoms with E-state index in [0.717, 1.165) is 31.8 Å². The van der Waals surface area contributed by atoms with Crippen LogP contribution in [0.5, 0.6) is 0 Å². The second kappa shape index (κ2) is 15.4. The number of fused-ring (bicyclic) bond motifs is 1. The molecule has 0 aliphatic carbocycles. The Morgan fingerprint density at radius 1 is 0.771 bits per heavy atom. The van der Waals surface area contributed by atoms with Gasteiger partial charge in [-0.2, -0.15) is 0 Å². The Labute approximate surface area is 287 Å². The van der Waals surface area contributed by atoms with Crippen LogP contribution in [0.1, 0.15) is 29.3 Å². The van der Waals surface area contributed by atoms with E-state index in [1.165, 1.54) is 23.1 Å². The molecule has 0 saturated carbocycles. The first-order valence-corrected chi connectivity index (χ1v) is 17.1. The van der Waals surface area contributed by atoms with Crippen molar-refractivity contribution in [1.82, 2.24) is 10.3 Å². The second-order valence-corrected chi connectivity index (χ2v) is 13.1. The van der Waals surface area contributed by atoms with Crippen molar-refractivity contribution in [1.29, 1.82) is 0 Å². The first kappa shape index (κ1) is 32.4. The number of nitrogens with zero attached hydrogens (tertiary/aromatic N) is 1. The van der Waals surface area contributed by atoms with Gasteiger partial charge in [-0.25, -0.2) is 4.98 Å². The number of hydrogen-bond donors (Lipinski definition) is 3. The van der Waals surface area contributed by atoms with Crippen molar-refractivity contribution in [2.45, 2.75) is 23.5 Å². The van der Waals surface area contributed by atoms with Crippen LogP contribution in [-0.4, -0.2) is 28.0 Å². The van der Waals surface area contributed by atoms with Crippen LogP contribution in [0.4, 0.5) is 10.8 Å². The predicted molar refractivity (Wildman–Crippen MR) is 197 cm³/mol. The van der Waals surface area contributed by atoms with Crippen molar-refractivity contribution in [2.24, 2.45) is 0 Å². The summed E-state index contributed by atoms with van der Waals surface area (Å²) in [5.41, 5.74) is 4.79. The highest BCUT2D eigenvalue weighted by Crippen LogP contribution is 2.31. The maximum absolute atomic E-state index is 13.7. The molecule has 1 heterocycles. The maximum atomic E-state index is 13.7. The van der Waals surface area contributed by atoms with Crippen molar-refractivity contribution in [3.63, 3.8) is 0 Å². The molecule has 0 aliphatic rings. The third-order valence-electron chi connectivity index (χ3n) is 7.42. The number of rotatable bonds is 11. The number of amides is 3. The molecule has 0 spiro atoms. The molecule has 6 rings (SSSR count). The molecule has 1 unspecified atom stereocenters. The first-order chi connectivity index (χ1) is 23.4. The van der Waals surface area contributed by atoms with Gasteiger partial charge in [0.15, 0.2) is 5.13 Å². The Kier molecular flexibility index (Phi) is 10.4. The lowest BCUT2D eigenvalue weighted by Gasteiger charge is -2.15. The summed E-state index contributed by atoms with van der Waals surface area (Å²) in [5, 5.41) is 8.88. The zero-order valence-electron chi connectivity index (χ0n) is 26.1. The van der Waals surface area contributed by atoms with E-state index in [0.29, 0.717) is 22.8 Å². The monoisotopic (exact) mass is 668 g/mol. The molecule has 48 heavy (non-hydrogen) atoms. The molecule has 0 aliphatic heterocycles. The predicted octanol–water partition coefficient (Wildman–Crippen LogP) is 8.88. The Morgan fingerprint density at radius 2 is 1.46 bits per heavy atom. The topological polar surface area (TPSA) is 100 Å². The Hall–Kier alpha value is -5.51. The lowest BCUT2D eigenvalue weighted by atomic mass is 10.0. The molecule has 5 aromatic carbocycles. The van der Waals surface area contributed by atoms with E-state index < -0.39 is 11.8 Å². The maximum Gasteiger partial charge on any atom is 0.272 e. The Balaban J connectivity index is 1.18. The lowest BCUT2D eigenvalue weighted by Crippen LogP contribution is -2.30.